The number of benzene rings is 1. The Morgan fingerprint density at radius 2 is 1.90 bits per heavy atom. The fourth-order valence-electron chi connectivity index (χ4n) is 3.24. The molecule has 5 heteroatoms. The second-order valence-corrected chi connectivity index (χ2v) is 6.91. The Bertz CT molecular complexity index is 499. The Morgan fingerprint density at radius 1 is 1.19 bits per heavy atom. The van der Waals surface area contributed by atoms with Crippen LogP contribution < -0.4 is 0 Å². The van der Waals surface area contributed by atoms with Gasteiger partial charge in [0.15, 0.2) is 0 Å². The first-order valence-corrected chi connectivity index (χ1v) is 8.31. The van der Waals surface area contributed by atoms with Crippen LogP contribution in [0.3, 0.4) is 0 Å². The third-order valence-corrected chi connectivity index (χ3v) is 5.50. The quantitative estimate of drug-likeness (QED) is 0.919. The van der Waals surface area contributed by atoms with E-state index >= 15 is 0 Å². The highest BCUT2D eigenvalue weighted by molar-refractivity contribution is 6.42. The summed E-state index contributed by atoms with van der Waals surface area (Å²) in [4.78, 5) is 2.37. The van der Waals surface area contributed by atoms with E-state index in [0.717, 1.165) is 57.7 Å². The number of rotatable bonds is 4. The summed E-state index contributed by atoms with van der Waals surface area (Å²) in [6, 6.07) is 5.73. The van der Waals surface area contributed by atoms with Crippen LogP contribution in [0.25, 0.3) is 0 Å². The highest BCUT2D eigenvalue weighted by Crippen LogP contribution is 2.44. The van der Waals surface area contributed by atoms with Crippen LogP contribution in [0.2, 0.25) is 10.0 Å². The van der Waals surface area contributed by atoms with Gasteiger partial charge in [-0.15, -0.1) is 0 Å². The summed E-state index contributed by atoms with van der Waals surface area (Å²) in [5.74, 6) is 0.0825. The summed E-state index contributed by atoms with van der Waals surface area (Å²) < 4.78 is 5.41. The third kappa shape index (κ3) is 3.38. The van der Waals surface area contributed by atoms with Crippen LogP contribution in [0, 0.1) is 0 Å². The van der Waals surface area contributed by atoms with Crippen molar-refractivity contribution in [2.45, 2.75) is 30.8 Å². The van der Waals surface area contributed by atoms with Crippen LogP contribution in [0.4, 0.5) is 0 Å². The normalized spacial score (nSPS) is 23.6. The van der Waals surface area contributed by atoms with E-state index in [2.05, 4.69) is 4.90 Å². The van der Waals surface area contributed by atoms with Gasteiger partial charge in [0.25, 0.3) is 0 Å². The van der Waals surface area contributed by atoms with E-state index in [-0.39, 0.29) is 5.92 Å². The molecule has 1 aliphatic carbocycles. The SMILES string of the molecule is OC1(C(CN2CCOCC2)c2ccc(Cl)c(Cl)c2)CCC1. The van der Waals surface area contributed by atoms with E-state index in [4.69, 9.17) is 27.9 Å². The predicted octanol–water partition coefficient (Wildman–Crippen LogP) is 3.32. The lowest BCUT2D eigenvalue weighted by Gasteiger charge is -2.45. The molecule has 3 rings (SSSR count). The first kappa shape index (κ1) is 15.6. The molecule has 0 aromatic heterocycles. The van der Waals surface area contributed by atoms with E-state index in [1.165, 1.54) is 0 Å². The molecular formula is C16H21Cl2NO2. The highest BCUT2D eigenvalue weighted by atomic mass is 35.5. The van der Waals surface area contributed by atoms with Gasteiger partial charge >= 0.3 is 0 Å². The predicted molar refractivity (Wildman–Crippen MR) is 85.3 cm³/mol. The number of aliphatic hydroxyl groups is 1. The van der Waals surface area contributed by atoms with Crippen LogP contribution in [-0.2, 0) is 4.74 Å². The van der Waals surface area contributed by atoms with Crippen molar-refractivity contribution in [1.82, 2.24) is 4.90 Å². The Morgan fingerprint density at radius 3 is 2.48 bits per heavy atom. The van der Waals surface area contributed by atoms with Crippen LogP contribution in [0.15, 0.2) is 18.2 Å². The van der Waals surface area contributed by atoms with Crippen LogP contribution in [-0.4, -0.2) is 48.5 Å². The molecule has 1 aromatic rings. The Hall–Kier alpha value is -0.320. The van der Waals surface area contributed by atoms with E-state index < -0.39 is 5.60 Å². The number of morpholine rings is 1. The lowest BCUT2D eigenvalue weighted by Crippen LogP contribution is -2.49. The molecule has 0 spiro atoms. The molecule has 2 aliphatic rings. The summed E-state index contributed by atoms with van der Waals surface area (Å²) in [6.45, 7) is 4.23. The van der Waals surface area contributed by atoms with Crippen molar-refractivity contribution in [1.29, 1.82) is 0 Å². The minimum Gasteiger partial charge on any atom is -0.389 e. The van der Waals surface area contributed by atoms with Crippen molar-refractivity contribution in [2.24, 2.45) is 0 Å². The molecular weight excluding hydrogens is 309 g/mol. The zero-order valence-electron chi connectivity index (χ0n) is 12.0. The lowest BCUT2D eigenvalue weighted by molar-refractivity contribution is -0.0708. The standard InChI is InChI=1S/C16H21Cl2NO2/c17-14-3-2-12(10-15(14)18)13(16(20)4-1-5-16)11-19-6-8-21-9-7-19/h2-3,10,13,20H,1,4-9,11H2. The molecule has 1 saturated heterocycles. The van der Waals surface area contributed by atoms with Crippen molar-refractivity contribution in [3.63, 3.8) is 0 Å². The molecule has 3 nitrogen and oxygen atoms in total. The average molecular weight is 330 g/mol. The van der Waals surface area contributed by atoms with Gasteiger partial charge < -0.3 is 9.84 Å². The van der Waals surface area contributed by atoms with Crippen LogP contribution >= 0.6 is 23.2 Å². The first-order valence-electron chi connectivity index (χ1n) is 7.56. The third-order valence-electron chi connectivity index (χ3n) is 4.76. The number of hydrogen-bond acceptors (Lipinski definition) is 3. The van der Waals surface area contributed by atoms with Crippen molar-refractivity contribution >= 4 is 23.2 Å². The fraction of sp³-hybridized carbons (Fsp3) is 0.625. The smallest absolute Gasteiger partial charge is 0.0728 e. The van der Waals surface area contributed by atoms with E-state index in [1.54, 1.807) is 0 Å². The number of hydrogen-bond donors (Lipinski definition) is 1. The summed E-state index contributed by atoms with van der Waals surface area (Å²) >= 11 is 12.2. The monoisotopic (exact) mass is 329 g/mol. The minimum absolute atomic E-state index is 0.0825. The van der Waals surface area contributed by atoms with Gasteiger partial charge in [0.05, 0.1) is 28.9 Å². The van der Waals surface area contributed by atoms with Gasteiger partial charge in [-0.3, -0.25) is 4.90 Å². The molecule has 1 aromatic carbocycles. The number of halogens is 2. The van der Waals surface area contributed by atoms with Crippen molar-refractivity contribution in [2.75, 3.05) is 32.8 Å². The molecule has 1 aliphatic heterocycles. The van der Waals surface area contributed by atoms with Gasteiger partial charge in [-0.2, -0.15) is 0 Å². The molecule has 1 heterocycles. The van der Waals surface area contributed by atoms with E-state index in [9.17, 15) is 5.11 Å². The van der Waals surface area contributed by atoms with E-state index in [1.807, 2.05) is 18.2 Å². The zero-order valence-corrected chi connectivity index (χ0v) is 13.5. The molecule has 0 amide bonds. The van der Waals surface area contributed by atoms with Crippen molar-refractivity contribution in [3.05, 3.63) is 33.8 Å². The van der Waals surface area contributed by atoms with E-state index in [0.29, 0.717) is 10.0 Å². The van der Waals surface area contributed by atoms with Crippen molar-refractivity contribution < 1.29 is 9.84 Å². The number of ether oxygens (including phenoxy) is 1. The highest BCUT2D eigenvalue weighted by Gasteiger charge is 2.43. The average Bonchev–Trinajstić information content (AvgIpc) is 2.46. The van der Waals surface area contributed by atoms with Crippen LogP contribution in [0.5, 0.6) is 0 Å². The summed E-state index contributed by atoms with van der Waals surface area (Å²) in [5.41, 5.74) is 0.480. The largest absolute Gasteiger partial charge is 0.389 e. The topological polar surface area (TPSA) is 32.7 Å². The molecule has 1 saturated carbocycles. The molecule has 1 unspecified atom stereocenters. The molecule has 0 radical (unpaired) electrons. The van der Waals surface area contributed by atoms with Gasteiger partial charge in [-0.25, -0.2) is 0 Å². The first-order chi connectivity index (χ1) is 10.1. The summed E-state index contributed by atoms with van der Waals surface area (Å²) in [7, 11) is 0. The molecule has 21 heavy (non-hydrogen) atoms. The Labute approximate surface area is 135 Å². The Kier molecular flexibility index (Phi) is 4.77. The lowest BCUT2D eigenvalue weighted by atomic mass is 9.68. The molecule has 0 bridgehead atoms. The zero-order chi connectivity index (χ0) is 14.9. The summed E-state index contributed by atoms with van der Waals surface area (Å²) in [5, 5.41) is 12.0. The van der Waals surface area contributed by atoms with Gasteiger partial charge in [0.2, 0.25) is 0 Å². The minimum atomic E-state index is -0.602. The van der Waals surface area contributed by atoms with Gasteiger partial charge in [-0.1, -0.05) is 29.3 Å². The summed E-state index contributed by atoms with van der Waals surface area (Å²) in [6.07, 6.45) is 2.82. The van der Waals surface area contributed by atoms with Crippen LogP contribution in [0.1, 0.15) is 30.7 Å². The van der Waals surface area contributed by atoms with Gasteiger partial charge in [0, 0.05) is 25.6 Å². The van der Waals surface area contributed by atoms with Gasteiger partial charge in [-0.05, 0) is 37.0 Å². The molecule has 116 valence electrons. The maximum absolute atomic E-state index is 10.9. The second kappa shape index (κ2) is 6.43. The maximum Gasteiger partial charge on any atom is 0.0728 e. The second-order valence-electron chi connectivity index (χ2n) is 6.10. The fourth-order valence-corrected chi connectivity index (χ4v) is 3.55. The van der Waals surface area contributed by atoms with Gasteiger partial charge in [0.1, 0.15) is 0 Å². The van der Waals surface area contributed by atoms with Crippen molar-refractivity contribution in [3.8, 4) is 0 Å². The number of nitrogens with zero attached hydrogens (tertiary/aromatic N) is 1. The maximum atomic E-state index is 10.9. The Balaban J connectivity index is 1.82. The molecule has 1 N–H and O–H groups in total. The molecule has 2 fully saturated rings. The molecule has 1 atom stereocenters.